The van der Waals surface area contributed by atoms with Gasteiger partial charge in [0, 0.05) is 83.1 Å². The van der Waals surface area contributed by atoms with E-state index in [0.717, 1.165) is 39.5 Å². The highest BCUT2D eigenvalue weighted by Gasteiger charge is 2.53. The number of Topliss-reactive ketones (excluding diaryl/α,β-unsaturated/α-hetero) is 1. The van der Waals surface area contributed by atoms with E-state index in [1.54, 1.807) is 6.92 Å². The molecule has 2 aliphatic rings. The first kappa shape index (κ1) is 47.3. The van der Waals surface area contributed by atoms with Crippen LogP contribution >= 0.6 is 11.8 Å². The number of allylic oxidation sites excluding steroid dienone is 2. The number of ketones is 1. The molecule has 0 unspecified atom stereocenters. The van der Waals surface area contributed by atoms with Crippen molar-refractivity contribution in [3.05, 3.63) is 43.2 Å². The molecule has 2 N–H and O–H groups in total. The number of aromatic hydroxyl groups is 2. The van der Waals surface area contributed by atoms with E-state index < -0.39 is 89.3 Å². The number of methoxy groups -OCH3 is 4. The van der Waals surface area contributed by atoms with Gasteiger partial charge in [0.1, 0.15) is 24.2 Å². The van der Waals surface area contributed by atoms with Crippen molar-refractivity contribution in [2.75, 3.05) is 47.4 Å². The summed E-state index contributed by atoms with van der Waals surface area (Å²) in [7, 11) is 5.28. The normalized spacial score (nSPS) is 19.3. The first-order valence-corrected chi connectivity index (χ1v) is 21.4. The van der Waals surface area contributed by atoms with Crippen LogP contribution in [0.1, 0.15) is 52.7 Å². The molecule has 0 radical (unpaired) electrons. The summed E-state index contributed by atoms with van der Waals surface area (Å²) in [5.74, 6) is -4.89. The number of hydrogen-bond acceptors (Lipinski definition) is 20. The summed E-state index contributed by atoms with van der Waals surface area (Å²) in [4.78, 5) is 91.5. The summed E-state index contributed by atoms with van der Waals surface area (Å²) in [6, 6.07) is 1.18. The first-order chi connectivity index (χ1) is 31.3. The number of ether oxygens (including phenoxy) is 10. The van der Waals surface area contributed by atoms with E-state index >= 15 is 4.79 Å². The topological polar surface area (TPSA) is 252 Å². The Morgan fingerprint density at radius 3 is 1.85 bits per heavy atom. The van der Waals surface area contributed by atoms with Gasteiger partial charge in [-0.2, -0.15) is 0 Å². The number of hydrogen-bond donors (Lipinski definition) is 2. The van der Waals surface area contributed by atoms with Gasteiger partial charge in [-0.1, -0.05) is 5.57 Å². The second kappa shape index (κ2) is 18.3. The number of rotatable bonds is 15. The smallest absolute Gasteiger partial charge is 0.303 e. The fraction of sp³-hybridized carbons (Fsp3) is 0.413. The summed E-state index contributed by atoms with van der Waals surface area (Å²) in [6.45, 7) is 6.71. The Balaban J connectivity index is 1.44. The summed E-state index contributed by atoms with van der Waals surface area (Å²) >= 11 is 0.925. The van der Waals surface area contributed by atoms with Gasteiger partial charge in [0.05, 0.1) is 50.7 Å². The zero-order valence-corrected chi connectivity index (χ0v) is 38.4. The number of carbonyl (C=O) groups excluding carboxylic acids is 5. The summed E-state index contributed by atoms with van der Waals surface area (Å²) in [5, 5.41) is 25.1. The molecule has 1 aliphatic carbocycles. The monoisotopic (exact) mass is 934 g/mol. The zero-order valence-electron chi connectivity index (χ0n) is 37.5. The van der Waals surface area contributed by atoms with Gasteiger partial charge in [-0.25, -0.2) is 0 Å². The maximum Gasteiger partial charge on any atom is 0.303 e. The molecular formula is C46H46O19S. The van der Waals surface area contributed by atoms with Crippen molar-refractivity contribution in [3.63, 3.8) is 0 Å². The van der Waals surface area contributed by atoms with E-state index in [0.29, 0.717) is 16.5 Å². The zero-order chi connectivity index (χ0) is 48.2. The quantitative estimate of drug-likeness (QED) is 0.0367. The molecule has 5 aromatic carbocycles. The van der Waals surface area contributed by atoms with Gasteiger partial charge in [0.25, 0.3) is 0 Å². The van der Waals surface area contributed by atoms with Crippen LogP contribution < -0.4 is 29.8 Å². The van der Waals surface area contributed by atoms with Crippen LogP contribution in [0.3, 0.4) is 0 Å². The third kappa shape index (κ3) is 7.75. The molecule has 7 rings (SSSR count). The highest BCUT2D eigenvalue weighted by Crippen LogP contribution is 2.59. The molecule has 1 heterocycles. The lowest BCUT2D eigenvalue weighted by Crippen LogP contribution is -2.63. The first-order valence-electron chi connectivity index (χ1n) is 20.4. The van der Waals surface area contributed by atoms with Gasteiger partial charge in [0.15, 0.2) is 58.8 Å². The van der Waals surface area contributed by atoms with Gasteiger partial charge in [0.2, 0.25) is 5.43 Å². The summed E-state index contributed by atoms with van der Waals surface area (Å²) < 4.78 is 57.3. The Hall–Kier alpha value is -6.64. The Morgan fingerprint density at radius 2 is 1.27 bits per heavy atom. The second-order valence-corrected chi connectivity index (χ2v) is 16.7. The molecule has 5 aromatic rings. The second-order valence-electron chi connectivity index (χ2n) is 15.6. The number of thioether (sulfide) groups is 1. The molecular weight excluding hydrogens is 889 g/mol. The van der Waals surface area contributed by atoms with E-state index in [4.69, 9.17) is 47.4 Å². The van der Waals surface area contributed by atoms with Gasteiger partial charge >= 0.3 is 23.9 Å². The van der Waals surface area contributed by atoms with Crippen molar-refractivity contribution in [2.24, 2.45) is 0 Å². The highest BCUT2D eigenvalue weighted by atomic mass is 32.2. The van der Waals surface area contributed by atoms with Crippen LogP contribution in [-0.4, -0.2) is 118 Å². The fourth-order valence-electron chi connectivity index (χ4n) is 9.27. The molecule has 20 heteroatoms. The van der Waals surface area contributed by atoms with Gasteiger partial charge in [-0.3, -0.25) is 33.6 Å². The molecule has 0 saturated carbocycles. The van der Waals surface area contributed by atoms with Crippen molar-refractivity contribution < 1.29 is 81.6 Å². The predicted molar refractivity (Wildman–Crippen MR) is 237 cm³/mol. The standard InChI is InChI=1S/C46H46O19S/c1-16-13-22-27-30-28(36(53)39(22)57-8)23(52)14-24(56-7)29(30)34-32-31(27)33(26(16)17(2)47)41(58-9)37(54)35(32)38(55)45(42(34)59-10)66-12-11-60-46-44(64-21(6)51)43(63-20(5)50)40(62-19(4)49)25(65-46)15-61-18(3)48/h14,25,40,43-44,46,53-54H,11-13,15H2,1-10H3/t25-,40-,43+,44-,46-/m1/s1. The van der Waals surface area contributed by atoms with Crippen molar-refractivity contribution >= 4 is 90.1 Å². The summed E-state index contributed by atoms with van der Waals surface area (Å²) in [5.41, 5.74) is -0.0934. The van der Waals surface area contributed by atoms with Crippen molar-refractivity contribution in [3.8, 4) is 34.5 Å². The van der Waals surface area contributed by atoms with Crippen LogP contribution in [0.25, 0.3) is 48.7 Å². The van der Waals surface area contributed by atoms with Crippen LogP contribution in [0.4, 0.5) is 0 Å². The fourth-order valence-corrected chi connectivity index (χ4v) is 10.2. The molecule has 0 aromatic heterocycles. The molecule has 1 fully saturated rings. The maximum atomic E-state index is 15.1. The van der Waals surface area contributed by atoms with Crippen LogP contribution in [0, 0.1) is 0 Å². The van der Waals surface area contributed by atoms with Gasteiger partial charge in [-0.15, -0.1) is 11.8 Å². The number of fused-ring (bicyclic) bond motifs is 1. The molecule has 5 atom stereocenters. The van der Waals surface area contributed by atoms with Crippen LogP contribution in [0.15, 0.2) is 26.1 Å². The van der Waals surface area contributed by atoms with E-state index in [2.05, 4.69) is 0 Å². The largest absolute Gasteiger partial charge is 0.504 e. The molecule has 1 aliphatic heterocycles. The molecule has 19 nitrogen and oxygen atoms in total. The minimum Gasteiger partial charge on any atom is -0.504 e. The lowest BCUT2D eigenvalue weighted by Gasteiger charge is -2.44. The Bertz CT molecular complexity index is 3010. The number of carbonyl (C=O) groups is 5. The van der Waals surface area contributed by atoms with Crippen molar-refractivity contribution in [1.82, 2.24) is 0 Å². The van der Waals surface area contributed by atoms with Crippen LogP contribution in [-0.2, 0) is 58.8 Å². The lowest BCUT2D eigenvalue weighted by atomic mass is 9.82. The highest BCUT2D eigenvalue weighted by molar-refractivity contribution is 7.99. The maximum absolute atomic E-state index is 15.1. The average Bonchev–Trinajstić information content (AvgIpc) is 3.37. The Morgan fingerprint density at radius 1 is 0.682 bits per heavy atom. The van der Waals surface area contributed by atoms with Crippen molar-refractivity contribution in [2.45, 2.75) is 83.6 Å². The predicted octanol–water partition coefficient (Wildman–Crippen LogP) is 4.45. The lowest BCUT2D eigenvalue weighted by molar-refractivity contribution is -0.307. The Labute approximate surface area is 379 Å². The number of esters is 4. The molecule has 66 heavy (non-hydrogen) atoms. The third-order valence-corrected chi connectivity index (χ3v) is 12.5. The molecule has 0 spiro atoms. The minimum absolute atomic E-state index is 0.0216. The minimum atomic E-state index is -1.52. The van der Waals surface area contributed by atoms with Crippen molar-refractivity contribution in [1.29, 1.82) is 0 Å². The van der Waals surface area contributed by atoms with Gasteiger partial charge < -0.3 is 57.6 Å². The SMILES string of the molecule is COc1c(O)c2c(=O)cc(OC)c3c4c(OC)c(SCCO[C@@H]5O[C@H](COC(C)=O)[C@@H](OC(C)=O)[C@H](OC(C)=O)[C@H]5OC(C)=O)c(=O)c5c(O)c(OC)c6c(c(c1CC(C)=C6C(C)=O)c23)c54. The van der Waals surface area contributed by atoms with Crippen LogP contribution in [0.2, 0.25) is 0 Å². The molecule has 1 saturated heterocycles. The summed E-state index contributed by atoms with van der Waals surface area (Å²) in [6.07, 6.45) is -7.17. The number of benzene rings is 5. The number of phenols is 2. The van der Waals surface area contributed by atoms with Crippen LogP contribution in [0.5, 0.6) is 34.5 Å². The number of phenolic OH excluding ortho intramolecular Hbond substituents is 2. The van der Waals surface area contributed by atoms with E-state index in [1.165, 1.54) is 41.4 Å². The molecule has 0 amide bonds. The van der Waals surface area contributed by atoms with E-state index in [-0.39, 0.29) is 95.5 Å². The van der Waals surface area contributed by atoms with E-state index in [1.807, 2.05) is 0 Å². The Kier molecular flexibility index (Phi) is 13.1. The average molecular weight is 935 g/mol. The third-order valence-electron chi connectivity index (χ3n) is 11.4. The van der Waals surface area contributed by atoms with E-state index in [9.17, 15) is 39.0 Å². The molecule has 350 valence electrons. The molecule has 0 bridgehead atoms. The van der Waals surface area contributed by atoms with Gasteiger partial charge in [-0.05, 0) is 25.7 Å².